The van der Waals surface area contributed by atoms with Crippen molar-refractivity contribution in [3.63, 3.8) is 0 Å². The summed E-state index contributed by atoms with van der Waals surface area (Å²) in [7, 11) is 0. The zero-order valence-electron chi connectivity index (χ0n) is 10.5. The van der Waals surface area contributed by atoms with Crippen molar-refractivity contribution < 1.29 is 14.7 Å². The van der Waals surface area contributed by atoms with Gasteiger partial charge in [0.05, 0.1) is 0 Å². The molecule has 0 radical (unpaired) electrons. The van der Waals surface area contributed by atoms with Crippen molar-refractivity contribution in [2.24, 2.45) is 0 Å². The maximum absolute atomic E-state index is 12.2. The highest BCUT2D eigenvalue weighted by atomic mass is 127. The van der Waals surface area contributed by atoms with Crippen molar-refractivity contribution >= 4 is 34.5 Å². The summed E-state index contributed by atoms with van der Waals surface area (Å²) in [6.45, 7) is 0. The Morgan fingerprint density at radius 2 is 1.89 bits per heavy atom. The molecule has 2 rings (SSSR count). The van der Waals surface area contributed by atoms with E-state index < -0.39 is 11.5 Å². The number of amides is 1. The number of hydrogen-bond donors (Lipinski definition) is 2. The molecule has 0 bridgehead atoms. The summed E-state index contributed by atoms with van der Waals surface area (Å²) < 4.78 is 0.957. The fraction of sp³-hybridized carbons (Fsp3) is 0.429. The maximum atomic E-state index is 12.2. The van der Waals surface area contributed by atoms with E-state index in [9.17, 15) is 14.7 Å². The second kappa shape index (κ2) is 5.90. The molecule has 1 amide bonds. The van der Waals surface area contributed by atoms with Crippen molar-refractivity contribution in [1.29, 1.82) is 0 Å². The van der Waals surface area contributed by atoms with Crippen LogP contribution < -0.4 is 5.32 Å². The Kier molecular flexibility index (Phi) is 4.44. The number of hydrogen-bond acceptors (Lipinski definition) is 2. The number of aliphatic carboxylic acids is 1. The first-order valence-corrected chi connectivity index (χ1v) is 7.43. The average Bonchev–Trinajstić information content (AvgIpc) is 2.39. The van der Waals surface area contributed by atoms with Gasteiger partial charge in [0.1, 0.15) is 5.54 Å². The predicted octanol–water partition coefficient (Wildman–Crippen LogP) is 2.81. The third kappa shape index (κ3) is 3.26. The largest absolute Gasteiger partial charge is 0.480 e. The highest BCUT2D eigenvalue weighted by Crippen LogP contribution is 2.29. The summed E-state index contributed by atoms with van der Waals surface area (Å²) in [6, 6.07) is 7.15. The Balaban J connectivity index is 2.18. The third-order valence-electron chi connectivity index (χ3n) is 3.56. The van der Waals surface area contributed by atoms with Gasteiger partial charge in [0.25, 0.3) is 5.91 Å². The van der Waals surface area contributed by atoms with E-state index >= 15 is 0 Å². The van der Waals surface area contributed by atoms with Gasteiger partial charge in [-0.3, -0.25) is 4.79 Å². The quantitative estimate of drug-likeness (QED) is 0.801. The first-order valence-electron chi connectivity index (χ1n) is 6.35. The smallest absolute Gasteiger partial charge is 0.329 e. The molecule has 0 unspecified atom stereocenters. The molecule has 1 aromatic carbocycles. The molecule has 0 heterocycles. The van der Waals surface area contributed by atoms with Crippen molar-refractivity contribution in [3.05, 3.63) is 33.4 Å². The molecular weight excluding hydrogens is 357 g/mol. The van der Waals surface area contributed by atoms with Crippen LogP contribution in [0.4, 0.5) is 0 Å². The van der Waals surface area contributed by atoms with E-state index in [2.05, 4.69) is 27.9 Å². The summed E-state index contributed by atoms with van der Waals surface area (Å²) >= 11 is 2.13. The van der Waals surface area contributed by atoms with Gasteiger partial charge in [0, 0.05) is 9.13 Å². The molecule has 1 saturated carbocycles. The number of carbonyl (C=O) groups excluding carboxylic acids is 1. The van der Waals surface area contributed by atoms with Crippen molar-refractivity contribution in [1.82, 2.24) is 5.32 Å². The minimum Gasteiger partial charge on any atom is -0.480 e. The van der Waals surface area contributed by atoms with Crippen LogP contribution in [0.15, 0.2) is 24.3 Å². The normalized spacial score (nSPS) is 17.7. The first-order chi connectivity index (χ1) is 9.03. The van der Waals surface area contributed by atoms with Gasteiger partial charge < -0.3 is 10.4 Å². The number of nitrogens with one attached hydrogen (secondary N) is 1. The molecule has 0 atom stereocenters. The van der Waals surface area contributed by atoms with Crippen LogP contribution in [0.2, 0.25) is 0 Å². The summed E-state index contributed by atoms with van der Waals surface area (Å²) in [6.07, 6.45) is 3.75. The first kappa shape index (κ1) is 14.3. The fourth-order valence-corrected chi connectivity index (χ4v) is 3.01. The molecule has 4 nitrogen and oxygen atoms in total. The van der Waals surface area contributed by atoms with Gasteiger partial charge in [0.15, 0.2) is 0 Å². The average molecular weight is 373 g/mol. The zero-order chi connectivity index (χ0) is 13.9. The lowest BCUT2D eigenvalue weighted by molar-refractivity contribution is -0.145. The molecule has 1 aliphatic carbocycles. The Morgan fingerprint density at radius 1 is 1.21 bits per heavy atom. The van der Waals surface area contributed by atoms with E-state index in [1.807, 2.05) is 6.07 Å². The van der Waals surface area contributed by atoms with Crippen LogP contribution in [-0.2, 0) is 4.79 Å². The molecule has 1 aliphatic rings. The van der Waals surface area contributed by atoms with Crippen LogP contribution in [0.25, 0.3) is 0 Å². The molecule has 0 aliphatic heterocycles. The van der Waals surface area contributed by atoms with Gasteiger partial charge in [0.2, 0.25) is 0 Å². The molecule has 5 heteroatoms. The fourth-order valence-electron chi connectivity index (χ4n) is 2.47. The van der Waals surface area contributed by atoms with Crippen LogP contribution in [-0.4, -0.2) is 22.5 Å². The summed E-state index contributed by atoms with van der Waals surface area (Å²) in [4.78, 5) is 23.7. The van der Waals surface area contributed by atoms with Crippen molar-refractivity contribution in [2.75, 3.05) is 0 Å². The molecule has 1 aromatic rings. The lowest BCUT2D eigenvalue weighted by atomic mass is 9.81. The predicted molar refractivity (Wildman–Crippen MR) is 80.1 cm³/mol. The molecule has 0 saturated heterocycles. The number of carboxylic acids is 1. The molecular formula is C14H16INO3. The van der Waals surface area contributed by atoms with Crippen LogP contribution in [0.3, 0.4) is 0 Å². The van der Waals surface area contributed by atoms with Crippen LogP contribution in [0.1, 0.15) is 42.5 Å². The van der Waals surface area contributed by atoms with Gasteiger partial charge in [-0.25, -0.2) is 4.79 Å². The van der Waals surface area contributed by atoms with Gasteiger partial charge in [-0.15, -0.1) is 0 Å². The minimum absolute atomic E-state index is 0.303. The SMILES string of the molecule is O=C(NC1(C(=O)O)CCCCC1)c1cccc(I)c1. The molecule has 0 spiro atoms. The Hall–Kier alpha value is -1.11. The standard InChI is InChI=1S/C14H16INO3/c15-11-6-4-5-10(9-11)12(17)16-14(13(18)19)7-2-1-3-8-14/h4-6,9H,1-3,7-8H2,(H,16,17)(H,18,19). The number of carbonyl (C=O) groups is 2. The highest BCUT2D eigenvalue weighted by Gasteiger charge is 2.41. The van der Waals surface area contributed by atoms with E-state index in [0.717, 1.165) is 22.8 Å². The molecule has 19 heavy (non-hydrogen) atoms. The number of carboxylic acid groups (broad SMARTS) is 1. The van der Waals surface area contributed by atoms with Crippen LogP contribution in [0.5, 0.6) is 0 Å². The summed E-state index contributed by atoms with van der Waals surface area (Å²) in [5.41, 5.74) is -0.575. The van der Waals surface area contributed by atoms with Gasteiger partial charge >= 0.3 is 5.97 Å². The van der Waals surface area contributed by atoms with Gasteiger partial charge in [-0.2, -0.15) is 0 Å². The monoisotopic (exact) mass is 373 g/mol. The lowest BCUT2D eigenvalue weighted by Gasteiger charge is -2.34. The summed E-state index contributed by atoms with van der Waals surface area (Å²) in [5.74, 6) is -1.23. The van der Waals surface area contributed by atoms with E-state index in [-0.39, 0.29) is 5.91 Å². The van der Waals surface area contributed by atoms with E-state index in [1.54, 1.807) is 18.2 Å². The maximum Gasteiger partial charge on any atom is 0.329 e. The minimum atomic E-state index is -1.09. The Labute approximate surface area is 125 Å². The number of rotatable bonds is 3. The lowest BCUT2D eigenvalue weighted by Crippen LogP contribution is -2.55. The van der Waals surface area contributed by atoms with E-state index in [4.69, 9.17) is 0 Å². The highest BCUT2D eigenvalue weighted by molar-refractivity contribution is 14.1. The Morgan fingerprint density at radius 3 is 2.47 bits per heavy atom. The van der Waals surface area contributed by atoms with Crippen molar-refractivity contribution in [2.45, 2.75) is 37.6 Å². The topological polar surface area (TPSA) is 66.4 Å². The van der Waals surface area contributed by atoms with Crippen LogP contribution >= 0.6 is 22.6 Å². The number of benzene rings is 1. The summed E-state index contributed by atoms with van der Waals surface area (Å²) in [5, 5.41) is 12.2. The van der Waals surface area contributed by atoms with Crippen molar-refractivity contribution in [3.8, 4) is 0 Å². The zero-order valence-corrected chi connectivity index (χ0v) is 12.6. The van der Waals surface area contributed by atoms with E-state index in [1.165, 1.54) is 0 Å². The molecule has 102 valence electrons. The molecule has 2 N–H and O–H groups in total. The van der Waals surface area contributed by atoms with Gasteiger partial charge in [-0.1, -0.05) is 25.3 Å². The van der Waals surface area contributed by atoms with Gasteiger partial charge in [-0.05, 0) is 53.6 Å². The molecule has 1 fully saturated rings. The third-order valence-corrected chi connectivity index (χ3v) is 4.23. The van der Waals surface area contributed by atoms with E-state index in [0.29, 0.717) is 18.4 Å². The Bertz CT molecular complexity index is 495. The van der Waals surface area contributed by atoms with Crippen LogP contribution in [0, 0.1) is 3.57 Å². The number of halogens is 1. The second-order valence-corrected chi connectivity index (χ2v) is 6.16. The molecule has 0 aromatic heterocycles. The second-order valence-electron chi connectivity index (χ2n) is 4.91.